The van der Waals surface area contributed by atoms with Gasteiger partial charge in [0.2, 0.25) is 0 Å². The highest BCUT2D eigenvalue weighted by molar-refractivity contribution is 14.0. The van der Waals surface area contributed by atoms with Crippen LogP contribution in [-0.4, -0.2) is 39.3 Å². The number of aliphatic imine (C=N–C) groups is 1. The SMILES string of the molecule is CN=C(NCCCOCCc1ccccc1)NCCc1ccco1.I. The minimum Gasteiger partial charge on any atom is -0.469 e. The molecule has 2 N–H and O–H groups in total. The Hall–Kier alpha value is -1.54. The fourth-order valence-electron chi connectivity index (χ4n) is 2.30. The first-order valence-corrected chi connectivity index (χ1v) is 8.47. The molecule has 6 heteroatoms. The summed E-state index contributed by atoms with van der Waals surface area (Å²) in [5.74, 6) is 1.79. The summed E-state index contributed by atoms with van der Waals surface area (Å²) in [5.41, 5.74) is 1.32. The van der Waals surface area contributed by atoms with E-state index in [9.17, 15) is 0 Å². The lowest BCUT2D eigenvalue weighted by Crippen LogP contribution is -2.39. The van der Waals surface area contributed by atoms with Crippen molar-refractivity contribution in [3.63, 3.8) is 0 Å². The minimum absolute atomic E-state index is 0. The van der Waals surface area contributed by atoms with Crippen molar-refractivity contribution in [3.05, 3.63) is 60.1 Å². The number of nitrogens with zero attached hydrogens (tertiary/aromatic N) is 1. The van der Waals surface area contributed by atoms with Crippen LogP contribution in [0.4, 0.5) is 0 Å². The number of guanidine groups is 1. The van der Waals surface area contributed by atoms with E-state index in [4.69, 9.17) is 9.15 Å². The minimum atomic E-state index is 0. The lowest BCUT2D eigenvalue weighted by atomic mass is 10.2. The molecule has 0 aliphatic heterocycles. The predicted octanol–water partition coefficient (Wildman–Crippen LogP) is 3.25. The Bertz CT molecular complexity index is 574. The highest BCUT2D eigenvalue weighted by atomic mass is 127. The molecule has 0 unspecified atom stereocenters. The lowest BCUT2D eigenvalue weighted by Gasteiger charge is -2.11. The van der Waals surface area contributed by atoms with Crippen molar-refractivity contribution in [2.24, 2.45) is 4.99 Å². The van der Waals surface area contributed by atoms with Crippen LogP contribution in [0, 0.1) is 0 Å². The van der Waals surface area contributed by atoms with Gasteiger partial charge < -0.3 is 19.8 Å². The van der Waals surface area contributed by atoms with E-state index < -0.39 is 0 Å². The Morgan fingerprint density at radius 1 is 1.00 bits per heavy atom. The number of benzene rings is 1. The molecule has 0 amide bonds. The van der Waals surface area contributed by atoms with Gasteiger partial charge in [-0.15, -0.1) is 24.0 Å². The van der Waals surface area contributed by atoms with Crippen LogP contribution in [0.15, 0.2) is 58.1 Å². The van der Waals surface area contributed by atoms with E-state index in [-0.39, 0.29) is 24.0 Å². The fraction of sp³-hybridized carbons (Fsp3) is 0.421. The lowest BCUT2D eigenvalue weighted by molar-refractivity contribution is 0.135. The molecule has 5 nitrogen and oxygen atoms in total. The number of rotatable bonds is 10. The molecule has 0 spiro atoms. The summed E-state index contributed by atoms with van der Waals surface area (Å²) >= 11 is 0. The molecular weight excluding hydrogens is 429 g/mol. The molecule has 2 aromatic rings. The summed E-state index contributed by atoms with van der Waals surface area (Å²) in [4.78, 5) is 4.20. The molecule has 1 aromatic heterocycles. The third kappa shape index (κ3) is 9.50. The second kappa shape index (κ2) is 13.7. The van der Waals surface area contributed by atoms with Crippen molar-refractivity contribution < 1.29 is 9.15 Å². The van der Waals surface area contributed by atoms with Crippen molar-refractivity contribution in [1.82, 2.24) is 10.6 Å². The van der Waals surface area contributed by atoms with Gasteiger partial charge in [-0.05, 0) is 30.5 Å². The topological polar surface area (TPSA) is 58.8 Å². The van der Waals surface area contributed by atoms with Crippen molar-refractivity contribution in [2.45, 2.75) is 19.3 Å². The van der Waals surface area contributed by atoms with E-state index in [0.717, 1.165) is 57.3 Å². The highest BCUT2D eigenvalue weighted by Crippen LogP contribution is 2.00. The molecule has 0 bridgehead atoms. The van der Waals surface area contributed by atoms with Crippen LogP contribution in [0.2, 0.25) is 0 Å². The van der Waals surface area contributed by atoms with Gasteiger partial charge in [0.25, 0.3) is 0 Å². The van der Waals surface area contributed by atoms with Gasteiger partial charge in [-0.1, -0.05) is 30.3 Å². The molecule has 0 radical (unpaired) electrons. The summed E-state index contributed by atoms with van der Waals surface area (Å²) in [7, 11) is 1.78. The van der Waals surface area contributed by atoms with E-state index in [1.807, 2.05) is 18.2 Å². The van der Waals surface area contributed by atoms with E-state index >= 15 is 0 Å². The van der Waals surface area contributed by atoms with Crippen LogP contribution in [0.3, 0.4) is 0 Å². The maximum Gasteiger partial charge on any atom is 0.190 e. The Morgan fingerprint density at radius 3 is 2.52 bits per heavy atom. The quantitative estimate of drug-likeness (QED) is 0.249. The average Bonchev–Trinajstić information content (AvgIpc) is 3.13. The molecule has 1 aromatic carbocycles. The van der Waals surface area contributed by atoms with E-state index in [0.29, 0.717) is 0 Å². The Morgan fingerprint density at radius 2 is 1.80 bits per heavy atom. The number of nitrogens with one attached hydrogen (secondary N) is 2. The number of hydrogen-bond donors (Lipinski definition) is 2. The van der Waals surface area contributed by atoms with Crippen molar-refractivity contribution in [1.29, 1.82) is 0 Å². The standard InChI is InChI=1S/C19H27N3O2.HI/c1-20-19(22-13-10-18-9-5-15-24-18)21-12-6-14-23-16-11-17-7-3-2-4-8-17;/h2-5,7-9,15H,6,10-14,16H2,1H3,(H2,20,21,22);1H. The molecule has 0 saturated heterocycles. The average molecular weight is 457 g/mol. The largest absolute Gasteiger partial charge is 0.469 e. The fourth-order valence-corrected chi connectivity index (χ4v) is 2.30. The molecule has 0 saturated carbocycles. The van der Waals surface area contributed by atoms with Gasteiger partial charge in [0, 0.05) is 33.2 Å². The van der Waals surface area contributed by atoms with E-state index in [1.165, 1.54) is 5.56 Å². The number of furan rings is 1. The van der Waals surface area contributed by atoms with Gasteiger partial charge in [-0.25, -0.2) is 0 Å². The molecule has 138 valence electrons. The third-order valence-electron chi connectivity index (χ3n) is 3.60. The van der Waals surface area contributed by atoms with Crippen LogP contribution >= 0.6 is 24.0 Å². The normalized spacial score (nSPS) is 11.0. The first-order chi connectivity index (χ1) is 11.9. The van der Waals surface area contributed by atoms with Crippen molar-refractivity contribution in [2.75, 3.05) is 33.4 Å². The maximum atomic E-state index is 5.67. The van der Waals surface area contributed by atoms with Gasteiger partial charge in [-0.2, -0.15) is 0 Å². The van der Waals surface area contributed by atoms with Crippen LogP contribution in [-0.2, 0) is 17.6 Å². The second-order valence-electron chi connectivity index (χ2n) is 5.46. The first-order valence-electron chi connectivity index (χ1n) is 8.47. The van der Waals surface area contributed by atoms with Gasteiger partial charge >= 0.3 is 0 Å². The maximum absolute atomic E-state index is 5.67. The Kier molecular flexibility index (Phi) is 11.8. The van der Waals surface area contributed by atoms with E-state index in [2.05, 4.69) is 39.9 Å². The van der Waals surface area contributed by atoms with Crippen molar-refractivity contribution >= 4 is 29.9 Å². The summed E-state index contributed by atoms with van der Waals surface area (Å²) in [6.45, 7) is 3.15. The van der Waals surface area contributed by atoms with Crippen LogP contribution in [0.1, 0.15) is 17.7 Å². The predicted molar refractivity (Wildman–Crippen MR) is 113 cm³/mol. The zero-order valence-corrected chi connectivity index (χ0v) is 17.1. The summed E-state index contributed by atoms with van der Waals surface area (Å²) in [6, 6.07) is 14.3. The smallest absolute Gasteiger partial charge is 0.190 e. The summed E-state index contributed by atoms with van der Waals surface area (Å²) in [6.07, 6.45) is 4.45. The molecule has 0 aliphatic rings. The van der Waals surface area contributed by atoms with Crippen molar-refractivity contribution in [3.8, 4) is 0 Å². The zero-order chi connectivity index (χ0) is 16.9. The van der Waals surface area contributed by atoms with Crippen LogP contribution < -0.4 is 10.6 Å². The monoisotopic (exact) mass is 457 g/mol. The molecule has 1 heterocycles. The highest BCUT2D eigenvalue weighted by Gasteiger charge is 1.99. The molecule has 2 rings (SSSR count). The molecule has 0 fully saturated rings. The third-order valence-corrected chi connectivity index (χ3v) is 3.60. The van der Waals surface area contributed by atoms with E-state index in [1.54, 1.807) is 13.3 Å². The number of hydrogen-bond acceptors (Lipinski definition) is 3. The molecule has 25 heavy (non-hydrogen) atoms. The van der Waals surface area contributed by atoms with Gasteiger partial charge in [0.05, 0.1) is 12.9 Å². The Balaban J connectivity index is 0.00000312. The summed E-state index contributed by atoms with van der Waals surface area (Å²) < 4.78 is 11.0. The van der Waals surface area contributed by atoms with Crippen LogP contribution in [0.25, 0.3) is 0 Å². The molecule has 0 atom stereocenters. The van der Waals surface area contributed by atoms with Gasteiger partial charge in [0.15, 0.2) is 5.96 Å². The molecular formula is C19H28IN3O2. The van der Waals surface area contributed by atoms with Crippen LogP contribution in [0.5, 0.6) is 0 Å². The number of ether oxygens (including phenoxy) is 1. The first kappa shape index (κ1) is 21.5. The zero-order valence-electron chi connectivity index (χ0n) is 14.7. The van der Waals surface area contributed by atoms with Gasteiger partial charge in [0.1, 0.15) is 5.76 Å². The number of halogens is 1. The summed E-state index contributed by atoms with van der Waals surface area (Å²) in [5, 5.41) is 6.56. The Labute approximate surface area is 167 Å². The second-order valence-corrected chi connectivity index (χ2v) is 5.46. The molecule has 0 aliphatic carbocycles. The van der Waals surface area contributed by atoms with Gasteiger partial charge in [-0.3, -0.25) is 4.99 Å².